The van der Waals surface area contributed by atoms with Gasteiger partial charge in [0.15, 0.2) is 0 Å². The molecule has 1 saturated heterocycles. The maximum atomic E-state index is 13.3. The van der Waals surface area contributed by atoms with Gasteiger partial charge in [0.25, 0.3) is 0 Å². The first kappa shape index (κ1) is 18.0. The molecule has 1 fully saturated rings. The second-order valence-electron chi connectivity index (χ2n) is 7.31. The van der Waals surface area contributed by atoms with Gasteiger partial charge in [-0.2, -0.15) is 5.10 Å². The van der Waals surface area contributed by atoms with Crippen molar-refractivity contribution < 1.29 is 13.9 Å². The topological polar surface area (TPSA) is 68.2 Å². The molecule has 2 aromatic rings. The van der Waals surface area contributed by atoms with Crippen LogP contribution < -0.4 is 10.6 Å². The first-order chi connectivity index (χ1) is 13.1. The zero-order chi connectivity index (χ0) is 18.8. The summed E-state index contributed by atoms with van der Waals surface area (Å²) >= 11 is 0. The van der Waals surface area contributed by atoms with E-state index in [1.54, 1.807) is 12.1 Å². The molecule has 6 nitrogen and oxygen atoms in total. The third-order valence-corrected chi connectivity index (χ3v) is 5.53. The predicted octanol–water partition coefficient (Wildman–Crippen LogP) is 3.16. The summed E-state index contributed by atoms with van der Waals surface area (Å²) < 4.78 is 21.0. The summed E-state index contributed by atoms with van der Waals surface area (Å²) in [7, 11) is 1.93. The Bertz CT molecular complexity index is 799. The van der Waals surface area contributed by atoms with E-state index >= 15 is 0 Å². The Morgan fingerprint density at radius 3 is 2.85 bits per heavy atom. The zero-order valence-corrected chi connectivity index (χ0v) is 15.5. The number of amides is 2. The molecule has 2 N–H and O–H groups in total. The largest absolute Gasteiger partial charge is 0.376 e. The molecule has 3 atom stereocenters. The molecule has 1 aliphatic heterocycles. The average molecular weight is 372 g/mol. The number of aryl methyl sites for hydroxylation is 1. The molecule has 2 heterocycles. The lowest BCUT2D eigenvalue weighted by atomic mass is 9.93. The SMILES string of the molecule is Cn1ncc2c1CCCC2NC(=O)NC(c1ccc(F)cc1)C1CCCO1. The van der Waals surface area contributed by atoms with Gasteiger partial charge in [0.05, 0.1) is 24.4 Å². The summed E-state index contributed by atoms with van der Waals surface area (Å²) in [6.07, 6.45) is 6.49. The smallest absolute Gasteiger partial charge is 0.315 e. The van der Waals surface area contributed by atoms with Crippen molar-refractivity contribution in [2.75, 3.05) is 6.61 Å². The van der Waals surface area contributed by atoms with Gasteiger partial charge in [-0.05, 0) is 49.8 Å². The van der Waals surface area contributed by atoms with E-state index in [0.717, 1.165) is 43.2 Å². The van der Waals surface area contributed by atoms with Crippen molar-refractivity contribution in [1.82, 2.24) is 20.4 Å². The number of hydrogen-bond acceptors (Lipinski definition) is 3. The second kappa shape index (κ2) is 7.68. The summed E-state index contributed by atoms with van der Waals surface area (Å²) in [6.45, 7) is 0.688. The van der Waals surface area contributed by atoms with Crippen LogP contribution in [-0.4, -0.2) is 28.5 Å². The average Bonchev–Trinajstić information content (AvgIpc) is 3.32. The number of rotatable bonds is 4. The van der Waals surface area contributed by atoms with Gasteiger partial charge in [0.1, 0.15) is 5.82 Å². The summed E-state index contributed by atoms with van der Waals surface area (Å²) in [5.41, 5.74) is 3.12. The molecule has 1 aromatic heterocycles. The van der Waals surface area contributed by atoms with Crippen LogP contribution in [0.15, 0.2) is 30.5 Å². The first-order valence-electron chi connectivity index (χ1n) is 9.56. The minimum atomic E-state index is -0.301. The quantitative estimate of drug-likeness (QED) is 0.866. The van der Waals surface area contributed by atoms with Gasteiger partial charge in [0, 0.05) is 24.9 Å². The van der Waals surface area contributed by atoms with Crippen LogP contribution in [0.4, 0.5) is 9.18 Å². The number of carbonyl (C=O) groups excluding carboxylic acids is 1. The minimum absolute atomic E-state index is 0.0409. The van der Waals surface area contributed by atoms with Crippen LogP contribution in [0.2, 0.25) is 0 Å². The Morgan fingerprint density at radius 2 is 2.11 bits per heavy atom. The van der Waals surface area contributed by atoms with Crippen LogP contribution in [0.3, 0.4) is 0 Å². The molecule has 2 aliphatic rings. The molecular formula is C20H25FN4O2. The van der Waals surface area contributed by atoms with Crippen LogP contribution in [0.25, 0.3) is 0 Å². The molecule has 1 aliphatic carbocycles. The van der Waals surface area contributed by atoms with E-state index in [1.165, 1.54) is 17.8 Å². The highest BCUT2D eigenvalue weighted by atomic mass is 19.1. The lowest BCUT2D eigenvalue weighted by Crippen LogP contribution is -2.44. The number of benzene rings is 1. The summed E-state index contributed by atoms with van der Waals surface area (Å²) in [5.74, 6) is -0.291. The molecule has 4 rings (SSSR count). The molecule has 0 spiro atoms. The zero-order valence-electron chi connectivity index (χ0n) is 15.5. The molecule has 0 bridgehead atoms. The van der Waals surface area contributed by atoms with Crippen LogP contribution >= 0.6 is 0 Å². The Hall–Kier alpha value is -2.41. The lowest BCUT2D eigenvalue weighted by Gasteiger charge is -2.28. The fraction of sp³-hybridized carbons (Fsp3) is 0.500. The fourth-order valence-electron chi connectivity index (χ4n) is 4.12. The molecule has 2 amide bonds. The summed E-state index contributed by atoms with van der Waals surface area (Å²) in [5, 5.41) is 10.5. The third kappa shape index (κ3) is 3.83. The van der Waals surface area contributed by atoms with E-state index in [1.807, 2.05) is 17.9 Å². The van der Waals surface area contributed by atoms with Crippen molar-refractivity contribution in [3.05, 3.63) is 53.1 Å². The van der Waals surface area contributed by atoms with Crippen molar-refractivity contribution in [2.45, 2.75) is 50.3 Å². The molecule has 3 unspecified atom stereocenters. The van der Waals surface area contributed by atoms with Gasteiger partial charge in [-0.3, -0.25) is 4.68 Å². The van der Waals surface area contributed by atoms with Gasteiger partial charge in [-0.25, -0.2) is 9.18 Å². The molecular weight excluding hydrogens is 347 g/mol. The Labute approximate surface area is 158 Å². The lowest BCUT2D eigenvalue weighted by molar-refractivity contribution is 0.0805. The minimum Gasteiger partial charge on any atom is -0.376 e. The van der Waals surface area contributed by atoms with Crippen molar-refractivity contribution >= 4 is 6.03 Å². The van der Waals surface area contributed by atoms with Gasteiger partial charge in [-0.1, -0.05) is 12.1 Å². The Balaban J connectivity index is 1.48. The summed E-state index contributed by atoms with van der Waals surface area (Å²) in [6, 6.07) is 5.68. The predicted molar refractivity (Wildman–Crippen MR) is 98.7 cm³/mol. The van der Waals surface area contributed by atoms with Crippen LogP contribution in [-0.2, 0) is 18.2 Å². The fourth-order valence-corrected chi connectivity index (χ4v) is 4.12. The highest BCUT2D eigenvalue weighted by Gasteiger charge is 2.30. The number of urea groups is 1. The maximum Gasteiger partial charge on any atom is 0.315 e. The number of ether oxygens (including phenoxy) is 1. The molecule has 1 aromatic carbocycles. The standard InChI is InChI=1S/C20H25FN4O2/c1-25-17-5-2-4-16(15(17)12-22-25)23-20(26)24-19(18-6-3-11-27-18)13-7-9-14(21)10-8-13/h7-10,12,16,18-19H,2-6,11H2,1H3,(H2,23,24,26). The van der Waals surface area contributed by atoms with Crippen molar-refractivity contribution in [2.24, 2.45) is 7.05 Å². The van der Waals surface area contributed by atoms with E-state index in [2.05, 4.69) is 15.7 Å². The van der Waals surface area contributed by atoms with Gasteiger partial charge in [-0.15, -0.1) is 0 Å². The molecule has 144 valence electrons. The van der Waals surface area contributed by atoms with Gasteiger partial charge in [0.2, 0.25) is 0 Å². The second-order valence-corrected chi connectivity index (χ2v) is 7.31. The van der Waals surface area contributed by atoms with Crippen molar-refractivity contribution in [1.29, 1.82) is 0 Å². The highest BCUT2D eigenvalue weighted by Crippen LogP contribution is 2.30. The number of aromatic nitrogens is 2. The molecule has 27 heavy (non-hydrogen) atoms. The van der Waals surface area contributed by atoms with Crippen molar-refractivity contribution in [3.63, 3.8) is 0 Å². The number of hydrogen-bond donors (Lipinski definition) is 2. The number of fused-ring (bicyclic) bond motifs is 1. The van der Waals surface area contributed by atoms with E-state index in [4.69, 9.17) is 4.74 Å². The van der Waals surface area contributed by atoms with E-state index in [9.17, 15) is 9.18 Å². The van der Waals surface area contributed by atoms with E-state index in [-0.39, 0.29) is 30.0 Å². The van der Waals surface area contributed by atoms with Gasteiger partial charge >= 0.3 is 6.03 Å². The maximum absolute atomic E-state index is 13.3. The molecule has 0 radical (unpaired) electrons. The van der Waals surface area contributed by atoms with Crippen molar-refractivity contribution in [3.8, 4) is 0 Å². The molecule has 7 heteroatoms. The van der Waals surface area contributed by atoms with E-state index in [0.29, 0.717) is 6.61 Å². The number of nitrogens with one attached hydrogen (secondary N) is 2. The normalized spacial score (nSPS) is 22.9. The monoisotopic (exact) mass is 372 g/mol. The third-order valence-electron chi connectivity index (χ3n) is 5.53. The molecule has 0 saturated carbocycles. The number of nitrogens with zero attached hydrogens (tertiary/aromatic N) is 2. The van der Waals surface area contributed by atoms with Crippen LogP contribution in [0, 0.1) is 5.82 Å². The Morgan fingerprint density at radius 1 is 1.30 bits per heavy atom. The van der Waals surface area contributed by atoms with Gasteiger partial charge < -0.3 is 15.4 Å². The number of carbonyl (C=O) groups is 1. The number of halogens is 1. The first-order valence-corrected chi connectivity index (χ1v) is 9.56. The van der Waals surface area contributed by atoms with Crippen LogP contribution in [0.5, 0.6) is 0 Å². The van der Waals surface area contributed by atoms with E-state index < -0.39 is 0 Å². The Kier molecular flexibility index (Phi) is 5.11. The summed E-state index contributed by atoms with van der Waals surface area (Å²) in [4.78, 5) is 12.8. The van der Waals surface area contributed by atoms with Crippen LogP contribution in [0.1, 0.15) is 54.6 Å². The highest BCUT2D eigenvalue weighted by molar-refractivity contribution is 5.75.